The number of carbonyl (C=O) groups excluding carboxylic acids is 3. The lowest BCUT2D eigenvalue weighted by atomic mass is 9.89. The molecule has 1 aliphatic heterocycles. The maximum absolute atomic E-state index is 13.7. The van der Waals surface area contributed by atoms with E-state index >= 15 is 0 Å². The summed E-state index contributed by atoms with van der Waals surface area (Å²) in [4.78, 5) is 41.7. The Labute approximate surface area is 245 Å². The largest absolute Gasteiger partial charge is 0.494 e. The maximum Gasteiger partial charge on any atom is 0.258 e. The monoisotopic (exact) mass is 597 g/mol. The number of rotatable bonds is 9. The molecular formula is C30H32ClN3O6S. The number of hydrogen-bond acceptors (Lipinski definition) is 6. The fraction of sp³-hybridized carbons (Fsp3) is 0.300. The average molecular weight is 598 g/mol. The zero-order valence-corrected chi connectivity index (χ0v) is 24.6. The van der Waals surface area contributed by atoms with E-state index in [4.69, 9.17) is 16.3 Å². The minimum absolute atomic E-state index is 0.00989. The Morgan fingerprint density at radius 2 is 1.68 bits per heavy atom. The van der Waals surface area contributed by atoms with Crippen molar-refractivity contribution in [2.45, 2.75) is 45.2 Å². The Morgan fingerprint density at radius 1 is 1.02 bits per heavy atom. The van der Waals surface area contributed by atoms with Gasteiger partial charge in [-0.05, 0) is 79.9 Å². The average Bonchev–Trinajstić information content (AvgIpc) is 2.91. The Morgan fingerprint density at radius 3 is 2.32 bits per heavy atom. The molecule has 0 unspecified atom stereocenters. The first-order valence-corrected chi connectivity index (χ1v) is 15.4. The van der Waals surface area contributed by atoms with Crippen LogP contribution in [0.25, 0.3) is 0 Å². The fourth-order valence-electron chi connectivity index (χ4n) is 5.03. The highest BCUT2D eigenvalue weighted by atomic mass is 35.5. The minimum Gasteiger partial charge on any atom is -0.494 e. The molecule has 0 radical (unpaired) electrons. The highest BCUT2D eigenvalue weighted by Gasteiger charge is 2.38. The van der Waals surface area contributed by atoms with Gasteiger partial charge in [-0.25, -0.2) is 8.42 Å². The van der Waals surface area contributed by atoms with Gasteiger partial charge in [0.2, 0.25) is 21.8 Å². The van der Waals surface area contributed by atoms with Crippen LogP contribution in [0.1, 0.15) is 55.1 Å². The fourth-order valence-corrected chi connectivity index (χ4v) is 5.67. The number of nitrogens with one attached hydrogen (secondary N) is 1. The van der Waals surface area contributed by atoms with Gasteiger partial charge in [0.25, 0.3) is 5.91 Å². The number of fused-ring (bicyclic) bond motifs is 1. The first-order valence-electron chi connectivity index (χ1n) is 13.2. The normalized spacial score (nSPS) is 16.4. The topological polar surface area (TPSA) is 113 Å². The van der Waals surface area contributed by atoms with Crippen molar-refractivity contribution in [2.75, 3.05) is 22.7 Å². The van der Waals surface area contributed by atoms with Crippen molar-refractivity contribution in [3.8, 4) is 5.75 Å². The van der Waals surface area contributed by atoms with Crippen LogP contribution in [0.3, 0.4) is 0 Å². The Balaban J connectivity index is 1.48. The van der Waals surface area contributed by atoms with Crippen LogP contribution in [0.2, 0.25) is 5.02 Å². The highest BCUT2D eigenvalue weighted by molar-refractivity contribution is 7.89. The van der Waals surface area contributed by atoms with Gasteiger partial charge in [0.1, 0.15) is 5.75 Å². The van der Waals surface area contributed by atoms with Crippen LogP contribution in [0, 0.1) is 0 Å². The van der Waals surface area contributed by atoms with Crippen molar-refractivity contribution in [1.29, 1.82) is 0 Å². The van der Waals surface area contributed by atoms with Gasteiger partial charge in [0.05, 0.1) is 18.9 Å². The van der Waals surface area contributed by atoms with E-state index in [-0.39, 0.29) is 36.9 Å². The lowest BCUT2D eigenvalue weighted by molar-refractivity contribution is -0.119. The van der Waals surface area contributed by atoms with E-state index in [1.54, 1.807) is 46.2 Å². The van der Waals surface area contributed by atoms with Gasteiger partial charge in [-0.1, -0.05) is 29.8 Å². The van der Waals surface area contributed by atoms with E-state index in [1.165, 1.54) is 6.92 Å². The van der Waals surface area contributed by atoms with E-state index in [9.17, 15) is 22.8 Å². The second kappa shape index (κ2) is 12.7. The smallest absolute Gasteiger partial charge is 0.258 e. The van der Waals surface area contributed by atoms with Crippen LogP contribution in [0.5, 0.6) is 5.75 Å². The lowest BCUT2D eigenvalue weighted by Crippen LogP contribution is -2.47. The highest BCUT2D eigenvalue weighted by Crippen LogP contribution is 2.43. The Kier molecular flexibility index (Phi) is 9.35. The standard InChI is InChI=1S/C30H32ClN3O6S/c1-20-19-28(34(21(2)35)24-14-12-23(31)13-15-24)26-7-4-5-8-27(26)33(20)30(37)22-10-16-25(17-11-22)40-18-6-9-29(36)32-41(3,38)39/h4-5,7-8,10-17,20,28H,6,9,18-19H2,1-3H3,(H,32,36)/t20-,28+/m0/s1. The summed E-state index contributed by atoms with van der Waals surface area (Å²) in [6.07, 6.45) is 1.81. The summed E-state index contributed by atoms with van der Waals surface area (Å²) in [6, 6.07) is 21.1. The number of ether oxygens (including phenoxy) is 1. The molecule has 3 aromatic carbocycles. The molecule has 0 bridgehead atoms. The molecule has 41 heavy (non-hydrogen) atoms. The van der Waals surface area contributed by atoms with Gasteiger partial charge < -0.3 is 14.5 Å². The molecule has 11 heteroatoms. The summed E-state index contributed by atoms with van der Waals surface area (Å²) in [5.41, 5.74) is 2.84. The molecule has 1 heterocycles. The van der Waals surface area contributed by atoms with Gasteiger partial charge in [-0.3, -0.25) is 19.1 Å². The molecule has 3 amide bonds. The van der Waals surface area contributed by atoms with Gasteiger partial charge >= 0.3 is 0 Å². The van der Waals surface area contributed by atoms with Crippen LogP contribution in [-0.4, -0.2) is 45.0 Å². The van der Waals surface area contributed by atoms with E-state index in [2.05, 4.69) is 0 Å². The van der Waals surface area contributed by atoms with Crippen LogP contribution < -0.4 is 19.3 Å². The number of benzene rings is 3. The third-order valence-electron chi connectivity index (χ3n) is 6.75. The van der Waals surface area contributed by atoms with Crippen LogP contribution in [-0.2, 0) is 19.6 Å². The summed E-state index contributed by atoms with van der Waals surface area (Å²) in [5, 5.41) is 0.583. The number of sulfonamides is 1. The minimum atomic E-state index is -3.58. The number of amides is 3. The van der Waals surface area contributed by atoms with Gasteiger partial charge in [0, 0.05) is 41.3 Å². The molecule has 4 rings (SSSR count). The zero-order chi connectivity index (χ0) is 29.7. The zero-order valence-electron chi connectivity index (χ0n) is 23.0. The quantitative estimate of drug-likeness (QED) is 0.343. The summed E-state index contributed by atoms with van der Waals surface area (Å²) >= 11 is 6.08. The molecule has 0 saturated carbocycles. The van der Waals surface area contributed by atoms with E-state index in [1.807, 2.05) is 48.0 Å². The molecule has 9 nitrogen and oxygen atoms in total. The second-order valence-corrected chi connectivity index (χ2v) is 12.2. The molecule has 3 aromatic rings. The predicted octanol–water partition coefficient (Wildman–Crippen LogP) is 5.11. The molecule has 1 aliphatic rings. The summed E-state index contributed by atoms with van der Waals surface area (Å²) in [5.74, 6) is -0.342. The van der Waals surface area contributed by atoms with Crippen molar-refractivity contribution >= 4 is 50.7 Å². The number of carbonyl (C=O) groups is 3. The van der Waals surface area contributed by atoms with Crippen molar-refractivity contribution in [1.82, 2.24) is 4.72 Å². The van der Waals surface area contributed by atoms with E-state index < -0.39 is 15.9 Å². The van der Waals surface area contributed by atoms with Crippen molar-refractivity contribution in [2.24, 2.45) is 0 Å². The lowest BCUT2D eigenvalue weighted by Gasteiger charge is -2.43. The molecule has 0 aromatic heterocycles. The molecule has 0 spiro atoms. The second-order valence-electron chi connectivity index (χ2n) is 9.97. The SMILES string of the molecule is CC(=O)N(c1ccc(Cl)cc1)[C@@H]1C[C@H](C)N(C(=O)c2ccc(OCCCC(=O)NS(C)(=O)=O)cc2)c2ccccc21. The van der Waals surface area contributed by atoms with Crippen LogP contribution in [0.15, 0.2) is 72.8 Å². The molecule has 0 fully saturated rings. The molecule has 0 aliphatic carbocycles. The van der Waals surface area contributed by atoms with Gasteiger partial charge in [-0.2, -0.15) is 0 Å². The van der Waals surface area contributed by atoms with Crippen molar-refractivity contribution in [3.63, 3.8) is 0 Å². The summed E-state index contributed by atoms with van der Waals surface area (Å²) in [6.45, 7) is 3.72. The Hall–Kier alpha value is -3.89. The van der Waals surface area contributed by atoms with Gasteiger partial charge in [0.15, 0.2) is 0 Å². The first kappa shape index (κ1) is 30.1. The predicted molar refractivity (Wildman–Crippen MR) is 159 cm³/mol. The number of hydrogen-bond donors (Lipinski definition) is 1. The summed E-state index contributed by atoms with van der Waals surface area (Å²) in [7, 11) is -3.58. The van der Waals surface area contributed by atoms with E-state index in [0.29, 0.717) is 29.2 Å². The molecule has 2 atom stereocenters. The van der Waals surface area contributed by atoms with E-state index in [0.717, 1.165) is 23.2 Å². The van der Waals surface area contributed by atoms with Crippen LogP contribution >= 0.6 is 11.6 Å². The molecule has 1 N–H and O–H groups in total. The molecule has 0 saturated heterocycles. The number of nitrogens with zero attached hydrogens (tertiary/aromatic N) is 2. The number of halogens is 1. The number of para-hydroxylation sites is 1. The maximum atomic E-state index is 13.7. The number of anilines is 2. The third-order valence-corrected chi connectivity index (χ3v) is 7.60. The molecule has 216 valence electrons. The van der Waals surface area contributed by atoms with Crippen LogP contribution in [0.4, 0.5) is 11.4 Å². The van der Waals surface area contributed by atoms with Gasteiger partial charge in [-0.15, -0.1) is 0 Å². The Bertz CT molecular complexity index is 1530. The first-order chi connectivity index (χ1) is 19.4. The molecular weight excluding hydrogens is 566 g/mol. The van der Waals surface area contributed by atoms with Crippen molar-refractivity contribution in [3.05, 3.63) is 88.9 Å². The summed E-state index contributed by atoms with van der Waals surface area (Å²) < 4.78 is 29.8. The van der Waals surface area contributed by atoms with Crippen molar-refractivity contribution < 1.29 is 27.5 Å². The third kappa shape index (κ3) is 7.45.